The summed E-state index contributed by atoms with van der Waals surface area (Å²) in [5.74, 6) is 0. The molecule has 12 heavy (non-hydrogen) atoms. The highest BCUT2D eigenvalue weighted by Crippen LogP contribution is 2.19. The van der Waals surface area contributed by atoms with Crippen molar-refractivity contribution in [3.63, 3.8) is 0 Å². The monoisotopic (exact) mass is 183 g/mol. The minimum atomic E-state index is 0.0303. The zero-order chi connectivity index (χ0) is 8.97. The maximum Gasteiger partial charge on any atom is 0.0635 e. The quantitative estimate of drug-likeness (QED) is 0.689. The first-order valence-corrected chi connectivity index (χ1v) is 3.94. The number of hydrogen-bond acceptors (Lipinski definition) is 2. The fourth-order valence-corrected chi connectivity index (χ4v) is 0.972. The zero-order valence-electron chi connectivity index (χ0n) is 6.50. The van der Waals surface area contributed by atoms with E-state index < -0.39 is 0 Å². The van der Waals surface area contributed by atoms with Gasteiger partial charge in [0, 0.05) is 0 Å². The van der Waals surface area contributed by atoms with Gasteiger partial charge in [0.15, 0.2) is 0 Å². The van der Waals surface area contributed by atoms with Crippen LogP contribution in [0.3, 0.4) is 0 Å². The Morgan fingerprint density at radius 2 is 2.25 bits per heavy atom. The van der Waals surface area contributed by atoms with E-state index in [9.17, 15) is 0 Å². The smallest absolute Gasteiger partial charge is 0.0635 e. The van der Waals surface area contributed by atoms with Gasteiger partial charge in [0.2, 0.25) is 0 Å². The third-order valence-electron chi connectivity index (χ3n) is 1.44. The molecule has 0 unspecified atom stereocenters. The Morgan fingerprint density at radius 1 is 1.50 bits per heavy atom. The first-order chi connectivity index (χ1) is 5.74. The van der Waals surface area contributed by atoms with Crippen LogP contribution in [-0.2, 0) is 0 Å². The fraction of sp³-hybridized carbons (Fsp3) is 0.111. The number of rotatable bonds is 2. The van der Waals surface area contributed by atoms with Gasteiger partial charge in [-0.1, -0.05) is 29.8 Å². The maximum atomic E-state index is 8.51. The molecule has 0 radical (unpaired) electrons. The van der Waals surface area contributed by atoms with Gasteiger partial charge in [-0.2, -0.15) is 0 Å². The van der Waals surface area contributed by atoms with Gasteiger partial charge in [0.25, 0.3) is 0 Å². The van der Waals surface area contributed by atoms with E-state index >= 15 is 0 Å². The van der Waals surface area contributed by atoms with Crippen molar-refractivity contribution in [2.45, 2.75) is 0 Å². The SMILES string of the molecule is Nc1cc(C=CCO)ccc1Cl. The topological polar surface area (TPSA) is 46.2 Å². The lowest BCUT2D eigenvalue weighted by Gasteiger charge is -1.98. The van der Waals surface area contributed by atoms with Crippen LogP contribution in [0.5, 0.6) is 0 Å². The Balaban J connectivity index is 2.89. The number of nitrogen functional groups attached to an aromatic ring is 1. The lowest BCUT2D eigenvalue weighted by Crippen LogP contribution is -1.86. The number of anilines is 1. The number of nitrogens with two attached hydrogens (primary N) is 1. The molecule has 1 aromatic carbocycles. The van der Waals surface area contributed by atoms with Crippen molar-refractivity contribution >= 4 is 23.4 Å². The van der Waals surface area contributed by atoms with Gasteiger partial charge in [-0.05, 0) is 17.7 Å². The summed E-state index contributed by atoms with van der Waals surface area (Å²) in [5, 5.41) is 9.06. The molecular weight excluding hydrogens is 174 g/mol. The molecule has 3 heteroatoms. The van der Waals surface area contributed by atoms with E-state index in [0.717, 1.165) is 5.56 Å². The standard InChI is InChI=1S/C9H10ClNO/c10-8-4-3-7(2-1-5-12)6-9(8)11/h1-4,6,12H,5,11H2. The number of benzene rings is 1. The van der Waals surface area contributed by atoms with Crippen LogP contribution in [0.1, 0.15) is 5.56 Å². The van der Waals surface area contributed by atoms with Gasteiger partial charge < -0.3 is 10.8 Å². The van der Waals surface area contributed by atoms with Crippen LogP contribution >= 0.6 is 11.6 Å². The second-order valence-electron chi connectivity index (χ2n) is 2.37. The van der Waals surface area contributed by atoms with Crippen molar-refractivity contribution < 1.29 is 5.11 Å². The molecule has 0 aliphatic rings. The highest BCUT2D eigenvalue weighted by atomic mass is 35.5. The predicted octanol–water partition coefficient (Wildman–Crippen LogP) is 1.93. The summed E-state index contributed by atoms with van der Waals surface area (Å²) in [6.07, 6.45) is 3.43. The molecule has 0 aliphatic carbocycles. The van der Waals surface area contributed by atoms with Crippen LogP contribution in [0.2, 0.25) is 5.02 Å². The maximum absolute atomic E-state index is 8.51. The van der Waals surface area contributed by atoms with E-state index in [2.05, 4.69) is 0 Å². The lowest BCUT2D eigenvalue weighted by molar-refractivity contribution is 0.343. The van der Waals surface area contributed by atoms with Gasteiger partial charge in [-0.25, -0.2) is 0 Å². The third kappa shape index (κ3) is 2.26. The summed E-state index contributed by atoms with van der Waals surface area (Å²) in [6.45, 7) is 0.0303. The molecule has 0 heterocycles. The average molecular weight is 184 g/mol. The second kappa shape index (κ2) is 4.14. The first-order valence-electron chi connectivity index (χ1n) is 3.56. The zero-order valence-corrected chi connectivity index (χ0v) is 7.25. The molecule has 0 fully saturated rings. The lowest BCUT2D eigenvalue weighted by atomic mass is 10.2. The van der Waals surface area contributed by atoms with E-state index in [0.29, 0.717) is 10.7 Å². The van der Waals surface area contributed by atoms with Crippen LogP contribution in [0.25, 0.3) is 6.08 Å². The molecule has 1 aromatic rings. The third-order valence-corrected chi connectivity index (χ3v) is 1.78. The molecule has 0 saturated carbocycles. The van der Waals surface area contributed by atoms with Crippen molar-refractivity contribution in [1.82, 2.24) is 0 Å². The van der Waals surface area contributed by atoms with Crippen molar-refractivity contribution in [2.75, 3.05) is 12.3 Å². The van der Waals surface area contributed by atoms with Crippen LogP contribution in [0.4, 0.5) is 5.69 Å². The van der Waals surface area contributed by atoms with Crippen molar-refractivity contribution in [2.24, 2.45) is 0 Å². The van der Waals surface area contributed by atoms with Crippen LogP contribution in [0, 0.1) is 0 Å². The Hall–Kier alpha value is -0.990. The van der Waals surface area contributed by atoms with Gasteiger partial charge in [0.05, 0.1) is 17.3 Å². The molecule has 0 atom stereocenters. The molecule has 64 valence electrons. The summed E-state index contributed by atoms with van der Waals surface area (Å²) in [6, 6.07) is 5.33. The minimum Gasteiger partial charge on any atom is -0.398 e. The number of aliphatic hydroxyl groups is 1. The molecule has 0 amide bonds. The Morgan fingerprint density at radius 3 is 2.83 bits per heavy atom. The van der Waals surface area contributed by atoms with E-state index in [1.807, 2.05) is 6.07 Å². The molecule has 0 spiro atoms. The van der Waals surface area contributed by atoms with Crippen LogP contribution < -0.4 is 5.73 Å². The fourth-order valence-electron chi connectivity index (χ4n) is 0.855. The normalized spacial score (nSPS) is 10.8. The minimum absolute atomic E-state index is 0.0303. The molecule has 3 N–H and O–H groups in total. The highest BCUT2D eigenvalue weighted by Gasteiger charge is 1.94. The summed E-state index contributed by atoms with van der Waals surface area (Å²) in [7, 11) is 0. The van der Waals surface area contributed by atoms with Crippen LogP contribution in [-0.4, -0.2) is 11.7 Å². The Bertz CT molecular complexity index is 297. The second-order valence-corrected chi connectivity index (χ2v) is 2.77. The molecule has 0 aliphatic heterocycles. The van der Waals surface area contributed by atoms with Crippen LogP contribution in [0.15, 0.2) is 24.3 Å². The van der Waals surface area contributed by atoms with Gasteiger partial charge in [0.1, 0.15) is 0 Å². The molecule has 2 nitrogen and oxygen atoms in total. The Labute approximate surface area is 76.3 Å². The summed E-state index contributed by atoms with van der Waals surface area (Å²) in [4.78, 5) is 0. The predicted molar refractivity (Wildman–Crippen MR) is 52.0 cm³/mol. The number of hydrogen-bond donors (Lipinski definition) is 2. The van der Waals surface area contributed by atoms with Crippen molar-refractivity contribution in [3.8, 4) is 0 Å². The molecule has 0 saturated heterocycles. The number of halogens is 1. The molecule has 0 aromatic heterocycles. The summed E-state index contributed by atoms with van der Waals surface area (Å²) < 4.78 is 0. The van der Waals surface area contributed by atoms with E-state index in [1.165, 1.54) is 0 Å². The summed E-state index contributed by atoms with van der Waals surface area (Å²) in [5.41, 5.74) is 7.05. The van der Waals surface area contributed by atoms with Gasteiger partial charge in [-0.15, -0.1) is 0 Å². The van der Waals surface area contributed by atoms with Crippen molar-refractivity contribution in [1.29, 1.82) is 0 Å². The summed E-state index contributed by atoms with van der Waals surface area (Å²) >= 11 is 5.72. The van der Waals surface area contributed by atoms with Crippen molar-refractivity contribution in [3.05, 3.63) is 34.9 Å². The van der Waals surface area contributed by atoms with Gasteiger partial charge >= 0.3 is 0 Å². The first kappa shape index (κ1) is 9.10. The van der Waals surface area contributed by atoms with E-state index in [4.69, 9.17) is 22.4 Å². The van der Waals surface area contributed by atoms with E-state index in [-0.39, 0.29) is 6.61 Å². The largest absolute Gasteiger partial charge is 0.398 e. The average Bonchev–Trinajstić information content (AvgIpc) is 2.07. The van der Waals surface area contributed by atoms with Gasteiger partial charge in [-0.3, -0.25) is 0 Å². The molecular formula is C9H10ClNO. The molecule has 1 rings (SSSR count). The highest BCUT2D eigenvalue weighted by molar-refractivity contribution is 6.33. The Kier molecular flexibility index (Phi) is 3.14. The number of aliphatic hydroxyl groups excluding tert-OH is 1. The van der Waals surface area contributed by atoms with E-state index in [1.54, 1.807) is 24.3 Å². The molecule has 0 bridgehead atoms.